The molecule has 5 rings (SSSR count). The molecule has 44 heavy (non-hydrogen) atoms. The normalized spacial score (nSPS) is 16.3. The van der Waals surface area contributed by atoms with E-state index in [9.17, 15) is 23.2 Å². The number of aromatic nitrogens is 2. The zero-order valence-corrected chi connectivity index (χ0v) is 25.4. The summed E-state index contributed by atoms with van der Waals surface area (Å²) in [5.41, 5.74) is 1.27. The van der Waals surface area contributed by atoms with E-state index in [1.54, 1.807) is 49.1 Å². The molecule has 0 unspecified atom stereocenters. The fraction of sp³-hybridized carbons (Fsp3) is 0.419. The molecule has 2 fully saturated rings. The van der Waals surface area contributed by atoms with Crippen LogP contribution in [-0.2, 0) is 11.3 Å². The maximum atomic E-state index is 13.5. The average molecular weight is 630 g/mol. The molecule has 1 saturated heterocycles. The molecular formula is C31H34ClF2N5O5. The highest BCUT2D eigenvalue weighted by molar-refractivity contribution is 6.31. The number of halogens is 3. The van der Waals surface area contributed by atoms with Crippen molar-refractivity contribution >= 4 is 29.2 Å². The van der Waals surface area contributed by atoms with Gasteiger partial charge in [-0.2, -0.15) is 4.98 Å². The number of methoxy groups -OCH3 is 1. The van der Waals surface area contributed by atoms with E-state index in [0.29, 0.717) is 24.2 Å². The summed E-state index contributed by atoms with van der Waals surface area (Å²) in [6.07, 6.45) is 3.49. The Morgan fingerprint density at radius 3 is 2.57 bits per heavy atom. The van der Waals surface area contributed by atoms with Crippen LogP contribution in [0.25, 0.3) is 11.1 Å². The second-order valence-electron chi connectivity index (χ2n) is 11.1. The summed E-state index contributed by atoms with van der Waals surface area (Å²) in [7, 11) is 1.63. The molecule has 2 N–H and O–H groups in total. The minimum Gasteiger partial charge on any atom is -0.478 e. The van der Waals surface area contributed by atoms with Gasteiger partial charge in [0.2, 0.25) is 5.88 Å². The Hall–Kier alpha value is -3.87. The van der Waals surface area contributed by atoms with Crippen LogP contribution in [0.1, 0.15) is 59.0 Å². The van der Waals surface area contributed by atoms with Crippen molar-refractivity contribution in [2.45, 2.75) is 51.3 Å². The van der Waals surface area contributed by atoms with Crippen molar-refractivity contribution in [3.8, 4) is 17.0 Å². The van der Waals surface area contributed by atoms with E-state index < -0.39 is 36.4 Å². The molecule has 1 aliphatic carbocycles. The summed E-state index contributed by atoms with van der Waals surface area (Å²) < 4.78 is 39.6. The minimum absolute atomic E-state index is 0.00621. The zero-order chi connectivity index (χ0) is 31.6. The first-order chi connectivity index (χ1) is 21.0. The molecule has 2 amide bonds. The van der Waals surface area contributed by atoms with Crippen LogP contribution >= 0.6 is 11.6 Å². The van der Waals surface area contributed by atoms with Crippen molar-refractivity contribution in [2.24, 2.45) is 0 Å². The number of benzene rings is 1. The predicted molar refractivity (Wildman–Crippen MR) is 162 cm³/mol. The van der Waals surface area contributed by atoms with Crippen molar-refractivity contribution in [2.75, 3.05) is 38.7 Å². The first kappa shape index (κ1) is 31.6. The smallest absolute Gasteiger partial charge is 0.282 e. The van der Waals surface area contributed by atoms with Gasteiger partial charge in [-0.25, -0.2) is 8.78 Å². The van der Waals surface area contributed by atoms with E-state index in [2.05, 4.69) is 15.6 Å². The van der Waals surface area contributed by atoms with E-state index in [-0.39, 0.29) is 46.6 Å². The highest BCUT2D eigenvalue weighted by atomic mass is 35.5. The molecule has 0 radical (unpaired) electrons. The van der Waals surface area contributed by atoms with Gasteiger partial charge in [0.25, 0.3) is 23.3 Å². The molecule has 0 spiro atoms. The number of alkyl halides is 2. The summed E-state index contributed by atoms with van der Waals surface area (Å²) in [5.74, 6) is -3.95. The van der Waals surface area contributed by atoms with Crippen LogP contribution in [0.15, 0.2) is 47.4 Å². The van der Waals surface area contributed by atoms with Gasteiger partial charge in [0.05, 0.1) is 25.8 Å². The lowest BCUT2D eigenvalue weighted by Gasteiger charge is -2.39. The third kappa shape index (κ3) is 7.25. The minimum atomic E-state index is -2.93. The number of hydrogen-bond donors (Lipinski definition) is 2. The Morgan fingerprint density at radius 2 is 1.91 bits per heavy atom. The maximum Gasteiger partial charge on any atom is 0.282 e. The van der Waals surface area contributed by atoms with Crippen LogP contribution in [0.5, 0.6) is 5.88 Å². The molecule has 13 heteroatoms. The Bertz CT molecular complexity index is 1620. The van der Waals surface area contributed by atoms with Crippen LogP contribution in [-0.4, -0.2) is 71.6 Å². The van der Waals surface area contributed by atoms with Crippen LogP contribution in [0.3, 0.4) is 0 Å². The van der Waals surface area contributed by atoms with Gasteiger partial charge in [0.1, 0.15) is 11.4 Å². The number of likely N-dealkylation sites (tertiary alicyclic amines) is 1. The van der Waals surface area contributed by atoms with Gasteiger partial charge in [0, 0.05) is 49.1 Å². The number of rotatable bonds is 12. The third-order valence-corrected chi connectivity index (χ3v) is 7.67. The Labute approximate surface area is 258 Å². The Kier molecular flexibility index (Phi) is 9.33. The molecule has 1 saturated carbocycles. The molecule has 0 bridgehead atoms. The Balaban J connectivity index is 1.46. The summed E-state index contributed by atoms with van der Waals surface area (Å²) in [6.45, 7) is 3.62. The number of carbonyl (C=O) groups is 2. The number of anilines is 1. The zero-order valence-electron chi connectivity index (χ0n) is 24.7. The fourth-order valence-electron chi connectivity index (χ4n) is 4.95. The molecule has 1 aromatic carbocycles. The number of amides is 2. The lowest BCUT2D eigenvalue weighted by Crippen LogP contribution is -2.58. The van der Waals surface area contributed by atoms with Gasteiger partial charge in [0.15, 0.2) is 0 Å². The summed E-state index contributed by atoms with van der Waals surface area (Å²) in [6, 6.07) is 9.31. The number of hydrogen-bond acceptors (Lipinski definition) is 7. The quantitative estimate of drug-likeness (QED) is 0.297. The molecule has 10 nitrogen and oxygen atoms in total. The van der Waals surface area contributed by atoms with Crippen LogP contribution in [0.2, 0.25) is 5.02 Å². The predicted octanol–water partition coefficient (Wildman–Crippen LogP) is 4.77. The van der Waals surface area contributed by atoms with Gasteiger partial charge in [-0.3, -0.25) is 14.4 Å². The van der Waals surface area contributed by atoms with E-state index >= 15 is 0 Å². The van der Waals surface area contributed by atoms with E-state index in [4.69, 9.17) is 21.1 Å². The van der Waals surface area contributed by atoms with Crippen molar-refractivity contribution in [1.82, 2.24) is 19.8 Å². The number of pyridine rings is 2. The first-order valence-electron chi connectivity index (χ1n) is 14.4. The lowest BCUT2D eigenvalue weighted by molar-refractivity contribution is -0.113. The first-order valence-corrected chi connectivity index (χ1v) is 14.8. The maximum absolute atomic E-state index is 13.5. The summed E-state index contributed by atoms with van der Waals surface area (Å²) in [4.78, 5) is 45.5. The number of nitrogens with zero attached hydrogens (tertiary/aromatic N) is 3. The van der Waals surface area contributed by atoms with Crippen molar-refractivity contribution in [3.05, 3.63) is 74.7 Å². The van der Waals surface area contributed by atoms with E-state index in [1.165, 1.54) is 12.1 Å². The molecule has 2 aliphatic rings. The second kappa shape index (κ2) is 13.0. The van der Waals surface area contributed by atoms with Crippen molar-refractivity contribution in [1.29, 1.82) is 0 Å². The van der Waals surface area contributed by atoms with Crippen molar-refractivity contribution in [3.63, 3.8) is 0 Å². The SMILES string of the molecule is CCOc1cc(-c2ccc(Cl)cc2C(=O)N2CC(F)(F)C2)cc(NC(=O)c2cc(CNC[C@H](C)OC)cn(C3CC3)c2=O)n1. The number of ether oxygens (including phenoxy) is 2. The molecule has 1 atom stereocenters. The average Bonchev–Trinajstić information content (AvgIpc) is 3.81. The van der Waals surface area contributed by atoms with Crippen LogP contribution < -0.4 is 20.9 Å². The molecule has 3 aromatic rings. The highest BCUT2D eigenvalue weighted by Gasteiger charge is 2.46. The number of nitrogens with one attached hydrogen (secondary N) is 2. The largest absolute Gasteiger partial charge is 0.478 e. The molecule has 234 valence electrons. The third-order valence-electron chi connectivity index (χ3n) is 7.44. The molecule has 1 aliphatic heterocycles. The van der Waals surface area contributed by atoms with E-state index in [1.807, 2.05) is 6.92 Å². The van der Waals surface area contributed by atoms with Gasteiger partial charge in [-0.05, 0) is 67.6 Å². The van der Waals surface area contributed by atoms with Crippen LogP contribution in [0.4, 0.5) is 14.6 Å². The van der Waals surface area contributed by atoms with Crippen molar-refractivity contribution < 1.29 is 27.8 Å². The van der Waals surface area contributed by atoms with E-state index in [0.717, 1.165) is 23.3 Å². The summed E-state index contributed by atoms with van der Waals surface area (Å²) in [5, 5.41) is 6.25. The summed E-state index contributed by atoms with van der Waals surface area (Å²) >= 11 is 6.19. The Morgan fingerprint density at radius 1 is 1.16 bits per heavy atom. The monoisotopic (exact) mass is 629 g/mol. The topological polar surface area (TPSA) is 115 Å². The highest BCUT2D eigenvalue weighted by Crippen LogP contribution is 2.35. The molecule has 3 heterocycles. The van der Waals surface area contributed by atoms with Gasteiger partial charge in [-0.1, -0.05) is 17.7 Å². The van der Waals surface area contributed by atoms with Gasteiger partial charge in [-0.15, -0.1) is 0 Å². The second-order valence-corrected chi connectivity index (χ2v) is 11.5. The fourth-order valence-corrected chi connectivity index (χ4v) is 5.12. The lowest BCUT2D eigenvalue weighted by atomic mass is 9.97. The van der Waals surface area contributed by atoms with Gasteiger partial charge < -0.3 is 29.6 Å². The molecular weight excluding hydrogens is 596 g/mol. The standard InChI is InChI=1S/C31H34ClF2N5O5/c1-4-44-27-11-20(23-8-5-21(32)12-24(23)29(41)38-16-31(33,34)17-38)10-26(36-27)37-28(40)25-9-19(14-35-13-18(2)43-3)15-39(30(25)42)22-6-7-22/h5,8-12,15,18,22,35H,4,6-7,13-14,16-17H2,1-3H3,(H,36,37,40)/t18-/m0/s1. The molecule has 2 aromatic heterocycles. The number of carbonyl (C=O) groups excluding carboxylic acids is 2. The van der Waals surface area contributed by atoms with Crippen LogP contribution in [0, 0.1) is 0 Å². The van der Waals surface area contributed by atoms with Gasteiger partial charge >= 0.3 is 0 Å².